The van der Waals surface area contributed by atoms with E-state index in [-0.39, 0.29) is 29.5 Å². The number of likely N-dealkylation sites (N-methyl/N-ethyl adjacent to an activating group) is 1. The maximum Gasteiger partial charge on any atom is 0.258 e. The molecule has 0 saturated heterocycles. The zero-order valence-corrected chi connectivity index (χ0v) is 16.2. The average Bonchev–Trinajstić information content (AvgIpc) is 2.51. The third-order valence-electron chi connectivity index (χ3n) is 5.30. The quantitative estimate of drug-likeness (QED) is 0.724. The summed E-state index contributed by atoms with van der Waals surface area (Å²) in [6, 6.07) is 7.24. The Bertz CT molecular complexity index is 670. The van der Waals surface area contributed by atoms with Gasteiger partial charge in [0.1, 0.15) is 5.75 Å². The molecular weight excluding hydrogens is 354 g/mol. The zero-order chi connectivity index (χ0) is 18.9. The maximum absolute atomic E-state index is 12.1. The van der Waals surface area contributed by atoms with Gasteiger partial charge in [0.2, 0.25) is 5.91 Å². The van der Waals surface area contributed by atoms with Crippen molar-refractivity contribution < 1.29 is 14.3 Å². The van der Waals surface area contributed by atoms with Gasteiger partial charge in [-0.1, -0.05) is 11.6 Å². The van der Waals surface area contributed by atoms with Crippen LogP contribution >= 0.6 is 11.6 Å². The molecular formula is C19H26ClN3O3. The largest absolute Gasteiger partial charge is 0.484 e. The van der Waals surface area contributed by atoms with Crippen LogP contribution in [0.5, 0.6) is 5.75 Å². The lowest BCUT2D eigenvalue weighted by atomic mass is 9.44. The molecule has 0 aliphatic heterocycles. The fourth-order valence-electron chi connectivity index (χ4n) is 3.81. The van der Waals surface area contributed by atoms with E-state index in [2.05, 4.69) is 24.5 Å². The van der Waals surface area contributed by atoms with Crippen molar-refractivity contribution in [2.75, 3.05) is 20.2 Å². The van der Waals surface area contributed by atoms with Crippen LogP contribution < -0.4 is 15.4 Å². The fraction of sp³-hybridized carbons (Fsp3) is 0.579. The molecule has 0 aromatic heterocycles. The van der Waals surface area contributed by atoms with Crippen molar-refractivity contribution in [3.63, 3.8) is 0 Å². The van der Waals surface area contributed by atoms with Crippen molar-refractivity contribution in [3.8, 4) is 5.75 Å². The molecule has 0 radical (unpaired) electrons. The van der Waals surface area contributed by atoms with Crippen molar-refractivity contribution in [2.24, 2.45) is 0 Å². The monoisotopic (exact) mass is 379 g/mol. The minimum absolute atomic E-state index is 0.0259. The summed E-state index contributed by atoms with van der Waals surface area (Å²) < 4.78 is 5.46. The van der Waals surface area contributed by atoms with Crippen LogP contribution in [0.1, 0.15) is 33.1 Å². The van der Waals surface area contributed by atoms with Gasteiger partial charge in [-0.3, -0.25) is 14.5 Å². The molecule has 3 saturated carbocycles. The first-order valence-corrected chi connectivity index (χ1v) is 9.29. The normalized spacial score (nSPS) is 26.1. The Morgan fingerprint density at radius 2 is 1.65 bits per heavy atom. The van der Waals surface area contributed by atoms with E-state index in [4.69, 9.17) is 16.3 Å². The van der Waals surface area contributed by atoms with E-state index in [1.807, 2.05) is 11.9 Å². The summed E-state index contributed by atoms with van der Waals surface area (Å²) in [6.45, 7) is 4.49. The van der Waals surface area contributed by atoms with Crippen molar-refractivity contribution in [2.45, 2.75) is 50.2 Å². The highest BCUT2D eigenvalue weighted by Crippen LogP contribution is 2.60. The summed E-state index contributed by atoms with van der Waals surface area (Å²) in [5, 5.41) is 6.80. The molecule has 4 rings (SSSR count). The molecule has 3 fully saturated rings. The van der Waals surface area contributed by atoms with E-state index in [1.54, 1.807) is 24.3 Å². The molecule has 3 aliphatic carbocycles. The van der Waals surface area contributed by atoms with Crippen LogP contribution in [0.3, 0.4) is 0 Å². The second-order valence-corrected chi connectivity index (χ2v) is 8.38. The van der Waals surface area contributed by atoms with Crippen molar-refractivity contribution >= 4 is 23.4 Å². The van der Waals surface area contributed by atoms with E-state index in [1.165, 1.54) is 0 Å². The molecule has 1 aromatic rings. The number of amides is 2. The lowest BCUT2D eigenvalue weighted by Gasteiger charge is -2.70. The Morgan fingerprint density at radius 1 is 1.12 bits per heavy atom. The Balaban J connectivity index is 1.38. The van der Waals surface area contributed by atoms with E-state index in [0.717, 1.165) is 19.3 Å². The summed E-state index contributed by atoms with van der Waals surface area (Å²) >= 11 is 5.82. The number of hydrogen-bond acceptors (Lipinski definition) is 4. The van der Waals surface area contributed by atoms with Gasteiger partial charge in [-0.05, 0) is 64.4 Å². The predicted molar refractivity (Wildman–Crippen MR) is 100 cm³/mol. The van der Waals surface area contributed by atoms with Crippen LogP contribution in [-0.2, 0) is 9.59 Å². The minimum Gasteiger partial charge on any atom is -0.484 e. The molecule has 3 aliphatic rings. The van der Waals surface area contributed by atoms with Crippen LogP contribution in [0, 0.1) is 0 Å². The topological polar surface area (TPSA) is 70.7 Å². The summed E-state index contributed by atoms with van der Waals surface area (Å²) in [4.78, 5) is 26.2. The number of carbonyl (C=O) groups excluding carboxylic acids is 2. The van der Waals surface area contributed by atoms with E-state index >= 15 is 0 Å². The van der Waals surface area contributed by atoms with E-state index in [9.17, 15) is 9.59 Å². The standard InChI is InChI=1S/C19H26ClN3O3/c1-13(2)23(3)8-16(24)21-18-10-19(11-18,12-18)22-17(25)9-26-15-6-4-14(20)5-7-15/h4-7,13H,8-12H2,1-3H3,(H,21,24)(H,22,25). The Morgan fingerprint density at radius 3 is 2.19 bits per heavy atom. The molecule has 1 aromatic carbocycles. The highest BCUT2D eigenvalue weighted by Gasteiger charge is 2.69. The molecule has 0 heterocycles. The molecule has 142 valence electrons. The van der Waals surface area contributed by atoms with Crippen LogP contribution in [-0.4, -0.2) is 54.0 Å². The number of carbonyl (C=O) groups is 2. The predicted octanol–water partition coefficient (Wildman–Crippen LogP) is 1.97. The van der Waals surface area contributed by atoms with Crippen LogP contribution in [0.25, 0.3) is 0 Å². The van der Waals surface area contributed by atoms with Crippen LogP contribution in [0.4, 0.5) is 0 Å². The number of hydrogen-bond donors (Lipinski definition) is 2. The number of rotatable bonds is 8. The maximum atomic E-state index is 12.1. The second kappa shape index (κ2) is 7.08. The van der Waals surface area contributed by atoms with E-state index < -0.39 is 0 Å². The Labute approximate surface area is 159 Å². The Hall–Kier alpha value is -1.79. The van der Waals surface area contributed by atoms with Gasteiger partial charge in [0.25, 0.3) is 5.91 Å². The molecule has 26 heavy (non-hydrogen) atoms. The van der Waals surface area contributed by atoms with Gasteiger partial charge in [-0.2, -0.15) is 0 Å². The summed E-state index contributed by atoms with van der Waals surface area (Å²) in [5.74, 6) is 0.520. The third kappa shape index (κ3) is 4.13. The molecule has 6 nitrogen and oxygen atoms in total. The van der Waals surface area contributed by atoms with Crippen LogP contribution in [0.2, 0.25) is 5.02 Å². The number of ether oxygens (including phenoxy) is 1. The van der Waals surface area contributed by atoms with Gasteiger partial charge in [0, 0.05) is 22.1 Å². The minimum atomic E-state index is -0.169. The molecule has 0 atom stereocenters. The van der Waals surface area contributed by atoms with E-state index in [0.29, 0.717) is 23.4 Å². The number of benzene rings is 1. The number of halogens is 1. The first kappa shape index (κ1) is 19.0. The van der Waals surface area contributed by atoms with Gasteiger partial charge in [-0.25, -0.2) is 0 Å². The second-order valence-electron chi connectivity index (χ2n) is 7.94. The van der Waals surface area contributed by atoms with Crippen LogP contribution in [0.15, 0.2) is 24.3 Å². The van der Waals surface area contributed by atoms with Crippen molar-refractivity contribution in [1.82, 2.24) is 15.5 Å². The smallest absolute Gasteiger partial charge is 0.258 e. The van der Waals surface area contributed by atoms with Crippen molar-refractivity contribution in [3.05, 3.63) is 29.3 Å². The lowest BCUT2D eigenvalue weighted by molar-refractivity contribution is -0.151. The van der Waals surface area contributed by atoms with Gasteiger partial charge < -0.3 is 15.4 Å². The molecule has 7 heteroatoms. The van der Waals surface area contributed by atoms with Gasteiger partial charge in [-0.15, -0.1) is 0 Å². The number of nitrogens with zero attached hydrogens (tertiary/aromatic N) is 1. The molecule has 2 amide bonds. The van der Waals surface area contributed by atoms with Gasteiger partial charge in [0.05, 0.1) is 6.54 Å². The lowest BCUT2D eigenvalue weighted by Crippen LogP contribution is -2.84. The highest BCUT2D eigenvalue weighted by atomic mass is 35.5. The Kier molecular flexibility index (Phi) is 5.17. The molecule has 2 bridgehead atoms. The first-order chi connectivity index (χ1) is 12.2. The fourth-order valence-corrected chi connectivity index (χ4v) is 3.93. The van der Waals surface area contributed by atoms with Gasteiger partial charge in [0.15, 0.2) is 6.61 Å². The zero-order valence-electron chi connectivity index (χ0n) is 15.5. The highest BCUT2D eigenvalue weighted by molar-refractivity contribution is 6.30. The molecule has 0 unspecified atom stereocenters. The van der Waals surface area contributed by atoms with Crippen molar-refractivity contribution in [1.29, 1.82) is 0 Å². The van der Waals surface area contributed by atoms with Gasteiger partial charge >= 0.3 is 0 Å². The summed E-state index contributed by atoms with van der Waals surface area (Å²) in [7, 11) is 1.94. The molecule has 0 spiro atoms. The SMILES string of the molecule is CC(C)N(C)CC(=O)NC12CC(NC(=O)COc3ccc(Cl)cc3)(C1)C2. The third-order valence-corrected chi connectivity index (χ3v) is 5.55. The number of nitrogens with one attached hydrogen (secondary N) is 2. The first-order valence-electron chi connectivity index (χ1n) is 8.92. The molecule has 2 N–H and O–H groups in total. The average molecular weight is 380 g/mol. The summed E-state index contributed by atoms with van der Waals surface area (Å²) in [5.41, 5.74) is -0.295. The summed E-state index contributed by atoms with van der Waals surface area (Å²) in [6.07, 6.45) is 2.39.